The molecule has 184 valence electrons. The third-order valence-corrected chi connectivity index (χ3v) is 7.14. The minimum atomic E-state index is -0.146. The van der Waals surface area contributed by atoms with Gasteiger partial charge in [-0.3, -0.25) is 9.69 Å². The summed E-state index contributed by atoms with van der Waals surface area (Å²) in [5.41, 5.74) is 5.17. The van der Waals surface area contributed by atoms with E-state index in [1.807, 2.05) is 104 Å². The Balaban J connectivity index is 1.37. The number of benzene rings is 4. The number of aliphatic imine (C=N–C) groups is 1. The molecule has 1 aliphatic heterocycles. The van der Waals surface area contributed by atoms with Crippen molar-refractivity contribution < 1.29 is 9.53 Å². The van der Waals surface area contributed by atoms with Crippen LogP contribution in [0.2, 0.25) is 0 Å². The molecule has 1 amide bonds. The third kappa shape index (κ3) is 6.01. The van der Waals surface area contributed by atoms with Gasteiger partial charge >= 0.3 is 0 Å². The molecule has 0 spiro atoms. The molecule has 4 aromatic carbocycles. The van der Waals surface area contributed by atoms with Crippen molar-refractivity contribution >= 4 is 34.6 Å². The topological polar surface area (TPSA) is 41.9 Å². The first-order valence-corrected chi connectivity index (χ1v) is 13.1. The van der Waals surface area contributed by atoms with Gasteiger partial charge in [0.25, 0.3) is 5.91 Å². The first-order chi connectivity index (χ1) is 18.1. The lowest BCUT2D eigenvalue weighted by Gasteiger charge is -2.24. The number of nitrogens with zero attached hydrogens (tertiary/aromatic N) is 2. The maximum absolute atomic E-state index is 13.6. The number of ether oxygens (including phenoxy) is 1. The number of amidine groups is 1. The molecule has 0 bridgehead atoms. The number of rotatable bonds is 7. The van der Waals surface area contributed by atoms with Crippen molar-refractivity contribution in [1.82, 2.24) is 4.90 Å². The number of amides is 1. The molecule has 1 aliphatic rings. The molecule has 0 saturated carbocycles. The number of carbonyl (C=O) groups excluding carboxylic acids is 1. The standard InChI is InChI=1S/C32H28N2O2S/c1-23-10-9-11-26(20-23)22-36-29-18-16-25(17-19-29)21-30-31(35)34(24(2)27-12-5-3-6-13-27)32(37-30)33-28-14-7-4-8-15-28/h3-21,24H,22H2,1-2H3/b30-21+,33-32?/t24-/m0/s1. The molecule has 37 heavy (non-hydrogen) atoms. The third-order valence-electron chi connectivity index (χ3n) is 6.15. The highest BCUT2D eigenvalue weighted by Gasteiger charge is 2.37. The number of aryl methyl sites for hydroxylation is 1. The van der Waals surface area contributed by atoms with Crippen LogP contribution in [-0.2, 0) is 11.4 Å². The quantitative estimate of drug-likeness (QED) is 0.240. The SMILES string of the molecule is Cc1cccc(COc2ccc(/C=C3/SC(=Nc4ccccc4)N([C@@H](C)c4ccccc4)C3=O)cc2)c1. The van der Waals surface area contributed by atoms with Crippen LogP contribution in [-0.4, -0.2) is 16.0 Å². The van der Waals surface area contributed by atoms with Gasteiger partial charge in [-0.05, 0) is 72.6 Å². The van der Waals surface area contributed by atoms with Gasteiger partial charge < -0.3 is 4.74 Å². The lowest BCUT2D eigenvalue weighted by Crippen LogP contribution is -2.32. The minimum Gasteiger partial charge on any atom is -0.489 e. The highest BCUT2D eigenvalue weighted by molar-refractivity contribution is 8.18. The Morgan fingerprint density at radius 1 is 0.892 bits per heavy atom. The fourth-order valence-corrected chi connectivity index (χ4v) is 5.25. The zero-order valence-electron chi connectivity index (χ0n) is 20.9. The Morgan fingerprint density at radius 2 is 1.59 bits per heavy atom. The van der Waals surface area contributed by atoms with E-state index in [1.54, 1.807) is 4.90 Å². The Hall–Kier alpha value is -4.09. The highest BCUT2D eigenvalue weighted by atomic mass is 32.2. The van der Waals surface area contributed by atoms with Crippen molar-refractivity contribution in [1.29, 1.82) is 0 Å². The largest absolute Gasteiger partial charge is 0.489 e. The number of hydrogen-bond donors (Lipinski definition) is 0. The summed E-state index contributed by atoms with van der Waals surface area (Å²) >= 11 is 1.41. The molecule has 0 N–H and O–H groups in total. The summed E-state index contributed by atoms with van der Waals surface area (Å²) in [6.45, 7) is 4.63. The van der Waals surface area contributed by atoms with Crippen LogP contribution in [0.15, 0.2) is 119 Å². The molecular weight excluding hydrogens is 476 g/mol. The molecule has 5 rings (SSSR count). The summed E-state index contributed by atoms with van der Waals surface area (Å²) in [6, 6.07) is 35.8. The first-order valence-electron chi connectivity index (χ1n) is 12.3. The van der Waals surface area contributed by atoms with E-state index in [2.05, 4.69) is 25.1 Å². The summed E-state index contributed by atoms with van der Waals surface area (Å²) in [7, 11) is 0. The smallest absolute Gasteiger partial charge is 0.267 e. The van der Waals surface area contributed by atoms with Crippen LogP contribution in [0.1, 0.15) is 35.2 Å². The van der Waals surface area contributed by atoms with Crippen LogP contribution < -0.4 is 4.74 Å². The van der Waals surface area contributed by atoms with Crippen molar-refractivity contribution in [3.05, 3.63) is 136 Å². The molecule has 4 aromatic rings. The summed E-state index contributed by atoms with van der Waals surface area (Å²) < 4.78 is 5.95. The molecule has 5 heteroatoms. The van der Waals surface area contributed by atoms with Crippen LogP contribution in [0.5, 0.6) is 5.75 Å². The highest BCUT2D eigenvalue weighted by Crippen LogP contribution is 2.39. The molecule has 0 unspecified atom stereocenters. The lowest BCUT2D eigenvalue weighted by molar-refractivity contribution is -0.123. The molecule has 1 heterocycles. The van der Waals surface area contributed by atoms with Gasteiger partial charge in [0.1, 0.15) is 12.4 Å². The van der Waals surface area contributed by atoms with Gasteiger partial charge in [-0.15, -0.1) is 0 Å². The molecule has 4 nitrogen and oxygen atoms in total. The normalized spacial score (nSPS) is 16.4. The molecule has 1 fully saturated rings. The van der Waals surface area contributed by atoms with E-state index in [0.717, 1.165) is 28.1 Å². The van der Waals surface area contributed by atoms with Crippen molar-refractivity contribution in [3.8, 4) is 5.75 Å². The maximum Gasteiger partial charge on any atom is 0.267 e. The summed E-state index contributed by atoms with van der Waals surface area (Å²) in [6.07, 6.45) is 1.93. The molecule has 1 saturated heterocycles. The van der Waals surface area contributed by atoms with Crippen LogP contribution in [0, 0.1) is 6.92 Å². The average molecular weight is 505 g/mol. The van der Waals surface area contributed by atoms with Gasteiger partial charge in [-0.1, -0.05) is 90.5 Å². The molecule has 0 aromatic heterocycles. The van der Waals surface area contributed by atoms with E-state index in [9.17, 15) is 4.79 Å². The summed E-state index contributed by atoms with van der Waals surface area (Å²) in [5, 5.41) is 0.678. The predicted octanol–water partition coefficient (Wildman–Crippen LogP) is 7.94. The Kier molecular flexibility index (Phi) is 7.52. The monoisotopic (exact) mass is 504 g/mol. The molecular formula is C32H28N2O2S. The number of thioether (sulfide) groups is 1. The Morgan fingerprint density at radius 3 is 2.30 bits per heavy atom. The summed E-state index contributed by atoms with van der Waals surface area (Å²) in [4.78, 5) is 20.9. The van der Waals surface area contributed by atoms with Gasteiger partial charge in [0.2, 0.25) is 0 Å². The van der Waals surface area contributed by atoms with E-state index in [-0.39, 0.29) is 11.9 Å². The van der Waals surface area contributed by atoms with Crippen LogP contribution in [0.4, 0.5) is 5.69 Å². The minimum absolute atomic E-state index is 0.0455. The lowest BCUT2D eigenvalue weighted by atomic mass is 10.1. The molecule has 0 aliphatic carbocycles. The van der Waals surface area contributed by atoms with Crippen LogP contribution in [0.25, 0.3) is 6.08 Å². The average Bonchev–Trinajstić information content (AvgIpc) is 3.23. The van der Waals surface area contributed by atoms with Gasteiger partial charge in [-0.2, -0.15) is 0 Å². The second kappa shape index (κ2) is 11.3. The van der Waals surface area contributed by atoms with Gasteiger partial charge in [0, 0.05) is 0 Å². The van der Waals surface area contributed by atoms with Crippen LogP contribution in [0.3, 0.4) is 0 Å². The zero-order chi connectivity index (χ0) is 25.6. The van der Waals surface area contributed by atoms with Crippen molar-refractivity contribution in [2.45, 2.75) is 26.5 Å². The fraction of sp³-hybridized carbons (Fsp3) is 0.125. The fourth-order valence-electron chi connectivity index (χ4n) is 4.18. The second-order valence-corrected chi connectivity index (χ2v) is 9.96. The van der Waals surface area contributed by atoms with Crippen molar-refractivity contribution in [3.63, 3.8) is 0 Å². The number of hydrogen-bond acceptors (Lipinski definition) is 4. The van der Waals surface area contributed by atoms with Crippen molar-refractivity contribution in [2.75, 3.05) is 0 Å². The summed E-state index contributed by atoms with van der Waals surface area (Å²) in [5.74, 6) is 0.746. The predicted molar refractivity (Wildman–Crippen MR) is 153 cm³/mol. The van der Waals surface area contributed by atoms with E-state index in [4.69, 9.17) is 9.73 Å². The van der Waals surface area contributed by atoms with Crippen LogP contribution >= 0.6 is 11.8 Å². The Bertz CT molecular complexity index is 1430. The van der Waals surface area contributed by atoms with Gasteiger partial charge in [0.15, 0.2) is 5.17 Å². The molecule has 1 atom stereocenters. The van der Waals surface area contributed by atoms with E-state index < -0.39 is 0 Å². The Labute approximate surface area is 222 Å². The first kappa shape index (κ1) is 24.6. The van der Waals surface area contributed by atoms with Gasteiger partial charge in [-0.25, -0.2) is 4.99 Å². The molecule has 0 radical (unpaired) electrons. The van der Waals surface area contributed by atoms with Crippen molar-refractivity contribution in [2.24, 2.45) is 4.99 Å². The maximum atomic E-state index is 13.6. The zero-order valence-corrected chi connectivity index (χ0v) is 21.7. The second-order valence-electron chi connectivity index (χ2n) is 8.95. The number of para-hydroxylation sites is 1. The van der Waals surface area contributed by atoms with Gasteiger partial charge in [0.05, 0.1) is 16.6 Å². The van der Waals surface area contributed by atoms with E-state index in [1.165, 1.54) is 17.3 Å². The van der Waals surface area contributed by atoms with E-state index >= 15 is 0 Å². The number of carbonyl (C=O) groups is 1. The van der Waals surface area contributed by atoms with E-state index in [0.29, 0.717) is 16.7 Å².